The van der Waals surface area contributed by atoms with Crippen LogP contribution >= 0.6 is 45.6 Å². The number of H-pyrrole nitrogens is 2. The summed E-state index contributed by atoms with van der Waals surface area (Å²) >= 11 is 0. The van der Waals surface area contributed by atoms with E-state index in [0.29, 0.717) is 0 Å². The van der Waals surface area contributed by atoms with Gasteiger partial charge in [-0.05, 0) is 79.9 Å². The average molecular weight is 1330 g/mol. The van der Waals surface area contributed by atoms with Gasteiger partial charge in [0.15, 0.2) is 24.8 Å². The minimum atomic E-state index is -4.68. The van der Waals surface area contributed by atoms with Crippen molar-refractivity contribution in [2.45, 2.75) is 37.0 Å². The Kier molecular flexibility index (Phi) is 60.5. The summed E-state index contributed by atoms with van der Waals surface area (Å²) in [6.07, 6.45) is 10.1. The van der Waals surface area contributed by atoms with E-state index in [4.69, 9.17) is 39.1 Å². The third-order valence-corrected chi connectivity index (χ3v) is 12.6. The summed E-state index contributed by atoms with van der Waals surface area (Å²) in [7, 11) is -27.6. The normalized spacial score (nSPS) is 12.3. The van der Waals surface area contributed by atoms with Gasteiger partial charge in [-0.1, -0.05) is 36.4 Å². The first-order valence-electron chi connectivity index (χ1n) is 18.6. The van der Waals surface area contributed by atoms with Gasteiger partial charge < -0.3 is 148 Å². The van der Waals surface area contributed by atoms with Crippen molar-refractivity contribution in [3.8, 4) is 22.3 Å². The Hall–Kier alpha value is -4.09. The van der Waals surface area contributed by atoms with E-state index >= 15 is 0 Å². The number of nitrogens with zero attached hydrogens (tertiary/aromatic N) is 2. The van der Waals surface area contributed by atoms with E-state index in [2.05, 4.69) is 19.9 Å². The van der Waals surface area contributed by atoms with Gasteiger partial charge in [-0.3, -0.25) is 19.1 Å². The first-order chi connectivity index (χ1) is 30.4. The van der Waals surface area contributed by atoms with Crippen molar-refractivity contribution in [1.82, 2.24) is 9.97 Å². The first-order valence-corrected chi connectivity index (χ1v) is 29.2. The summed E-state index contributed by atoms with van der Waals surface area (Å²) in [6, 6.07) is 22.9. The zero-order chi connectivity index (χ0) is 49.4. The van der Waals surface area contributed by atoms with Crippen molar-refractivity contribution < 1.29 is 184 Å². The molecule has 4 atom stereocenters. The summed E-state index contributed by atoms with van der Waals surface area (Å²) in [5.74, 6) is 0. The standard InChI is InChI=1S/2C10H8N2.2C9H15O9P3.Ni.13H2O/c2*1-5-11-6-2-9(1)10-3-7-12-8-4-10;2*10-19(11,12)4-7-1-8(5-20(13,14)15)3-9(2-7)6-21(16,17)18;;;;;;;;;;;;;;/h2*1-8H;2*1-3H,4-6H2,(H2,10,11,12)(H2,13,14,15)(H2,16,17,18);;13*1H2/q;;;;+2;;;;;;;;;;;;;/p+2. The van der Waals surface area contributed by atoms with Crippen LogP contribution in [0.4, 0.5) is 0 Å². The third-order valence-electron chi connectivity index (χ3n) is 8.00. The largest absolute Gasteiger partial charge is 2.00 e. The van der Waals surface area contributed by atoms with Gasteiger partial charge in [-0.15, -0.1) is 0 Å². The maximum Gasteiger partial charge on any atom is 2.00 e. The molecule has 6 rings (SSSR count). The van der Waals surface area contributed by atoms with Gasteiger partial charge in [0, 0.05) is 73.7 Å². The Labute approximate surface area is 464 Å². The number of aromatic nitrogens is 4. The molecule has 0 saturated carbocycles. The van der Waals surface area contributed by atoms with Crippen LogP contribution in [0.2, 0.25) is 0 Å². The molecular weight excluding hydrogens is 1250 g/mol. The van der Waals surface area contributed by atoms with Crippen LogP contribution in [0.3, 0.4) is 0 Å². The molecule has 0 amide bonds. The fourth-order valence-corrected chi connectivity index (χ4v) is 9.77. The van der Waals surface area contributed by atoms with Gasteiger partial charge in [-0.25, -0.2) is 9.97 Å². The minimum Gasteiger partial charge on any atom is -0.778 e. The van der Waals surface area contributed by atoms with E-state index in [1.54, 1.807) is 24.8 Å². The van der Waals surface area contributed by atoms with E-state index in [1.807, 2.05) is 73.3 Å². The SMILES string of the molecule is O.O.O.O.O.O.O.O.O.O=P([O-])(O)Cc1cc(CP(=O)([O-])O)cc(CP(=O)(O)O)c1.O=P([O-])(O)Cc1cc(CP(=O)([O-])O)cc(CP(=O)(O)O)c1.[Ni+2].[OH3+].[OH3+].[OH3+].[OH3+].c1cc(-c2cc[nH+]cc2)ccn1.c1cc(-c2cc[nH+]cc2)ccn1. The molecule has 80 heavy (non-hydrogen) atoms. The summed E-state index contributed by atoms with van der Waals surface area (Å²) in [5.41, 5.74) is 4.65. The van der Waals surface area contributed by atoms with Crippen molar-refractivity contribution in [3.05, 3.63) is 168 Å². The number of benzene rings is 2. The molecule has 0 fully saturated rings. The van der Waals surface area contributed by atoms with Crippen LogP contribution in [-0.2, 0) is 103 Å². The molecule has 2 aromatic carbocycles. The van der Waals surface area contributed by atoms with Crippen LogP contribution in [0.25, 0.3) is 22.3 Å². The number of pyridine rings is 4. The predicted molar refractivity (Wildman–Crippen MR) is 283 cm³/mol. The fourth-order valence-electron chi connectivity index (χ4n) is 5.87. The van der Waals surface area contributed by atoms with Crippen molar-refractivity contribution in [2.75, 3.05) is 0 Å². The van der Waals surface area contributed by atoms with Gasteiger partial charge in [-0.2, -0.15) is 0 Å². The first kappa shape index (κ1) is 104. The molecule has 468 valence electrons. The molecule has 0 aliphatic carbocycles. The molecule has 0 saturated heterocycles. The summed E-state index contributed by atoms with van der Waals surface area (Å²) in [5, 5.41) is 0. The van der Waals surface area contributed by atoms with Crippen LogP contribution in [0.15, 0.2) is 135 Å². The average Bonchev–Trinajstić information content (AvgIpc) is 3.16. The van der Waals surface area contributed by atoms with E-state index in [0.717, 1.165) is 36.4 Å². The van der Waals surface area contributed by atoms with Crippen LogP contribution in [0.5, 0.6) is 0 Å². The molecule has 35 nitrogen and oxygen atoms in total. The van der Waals surface area contributed by atoms with Gasteiger partial charge in [0.1, 0.15) is 30.4 Å². The topological polar surface area (TPSA) is 826 Å². The van der Waals surface area contributed by atoms with Gasteiger partial charge in [0.25, 0.3) is 0 Å². The second-order valence-corrected chi connectivity index (χ2v) is 23.8. The molecule has 0 aliphatic heterocycles. The monoisotopic (exact) mass is 1330 g/mol. The Morgan fingerprint density at radius 2 is 0.487 bits per heavy atom. The van der Waals surface area contributed by atoms with Crippen LogP contribution in [-0.4, -0.2) is 98.4 Å². The molecule has 4 unspecified atom stereocenters. The Morgan fingerprint density at radius 3 is 0.650 bits per heavy atom. The molecule has 4 heterocycles. The van der Waals surface area contributed by atoms with Gasteiger partial charge in [0.05, 0.1) is 12.3 Å². The smallest absolute Gasteiger partial charge is 0.778 e. The van der Waals surface area contributed by atoms with Crippen molar-refractivity contribution in [2.24, 2.45) is 0 Å². The number of hydrogen-bond donors (Lipinski definition) is 8. The van der Waals surface area contributed by atoms with Crippen molar-refractivity contribution in [1.29, 1.82) is 0 Å². The maximum atomic E-state index is 11.0. The van der Waals surface area contributed by atoms with Crippen molar-refractivity contribution >= 4 is 45.6 Å². The van der Waals surface area contributed by atoms with Gasteiger partial charge in [0.2, 0.25) is 0 Å². The zero-order valence-electron chi connectivity index (χ0n) is 41.3. The third kappa shape index (κ3) is 48.6. The Bertz CT molecular complexity index is 2320. The van der Waals surface area contributed by atoms with Crippen LogP contribution in [0.1, 0.15) is 33.4 Å². The minimum absolute atomic E-state index is 0. The number of nitrogens with one attached hydrogen (secondary N) is 2. The van der Waals surface area contributed by atoms with E-state index < -0.39 is 82.5 Å². The van der Waals surface area contributed by atoms with Crippen LogP contribution in [0, 0.1) is 0 Å². The molecule has 40 N–H and O–H groups in total. The summed E-state index contributed by atoms with van der Waals surface area (Å²) in [4.78, 5) is 128. The molecule has 6 aromatic rings. The van der Waals surface area contributed by atoms with Gasteiger partial charge >= 0.3 is 31.7 Å². The summed E-state index contributed by atoms with van der Waals surface area (Å²) in [6.45, 7) is 0. The van der Waals surface area contributed by atoms with E-state index in [1.165, 1.54) is 22.3 Å². The fraction of sp³-hybridized carbons (Fsp3) is 0.158. The number of aromatic amines is 2. The second-order valence-electron chi connectivity index (χ2n) is 14.2. The number of rotatable bonds is 14. The molecular formula is C38H74N4NiO31P6+4. The second kappa shape index (κ2) is 46.4. The molecule has 0 bridgehead atoms. The molecule has 0 spiro atoms. The molecule has 0 aliphatic rings. The molecule has 4 aromatic heterocycles. The Morgan fingerprint density at radius 1 is 0.325 bits per heavy atom. The summed E-state index contributed by atoms with van der Waals surface area (Å²) < 4.78 is 65.3. The zero-order valence-corrected chi connectivity index (χ0v) is 47.7. The van der Waals surface area contributed by atoms with E-state index in [9.17, 15) is 47.0 Å². The molecule has 0 radical (unpaired) electrons. The maximum absolute atomic E-state index is 11.0. The molecule has 42 heteroatoms. The van der Waals surface area contributed by atoms with Crippen molar-refractivity contribution in [3.63, 3.8) is 0 Å². The van der Waals surface area contributed by atoms with Crippen LogP contribution < -0.4 is 29.5 Å². The predicted octanol–water partition coefficient (Wildman–Crippen LogP) is -9.08. The van der Waals surface area contributed by atoms with E-state index in [-0.39, 0.29) is 121 Å². The Balaban J connectivity index is -0.0000000744. The number of hydrogen-bond acceptors (Lipinski definition) is 12. The quantitative estimate of drug-likeness (QED) is 0.0285.